The summed E-state index contributed by atoms with van der Waals surface area (Å²) in [4.78, 5) is 35.8. The Morgan fingerprint density at radius 3 is 2.00 bits per heavy atom. The summed E-state index contributed by atoms with van der Waals surface area (Å²) in [6.07, 6.45) is -2.99. The fourth-order valence-electron chi connectivity index (χ4n) is 2.80. The summed E-state index contributed by atoms with van der Waals surface area (Å²) in [6.45, 7) is 0.963. The van der Waals surface area contributed by atoms with E-state index in [1.54, 1.807) is 60.7 Å². The molecule has 29 heavy (non-hydrogen) atoms. The highest BCUT2D eigenvalue weighted by Gasteiger charge is 2.49. The Morgan fingerprint density at radius 1 is 0.897 bits per heavy atom. The maximum absolute atomic E-state index is 14.9. The molecule has 8 heteroatoms. The van der Waals surface area contributed by atoms with Crippen molar-refractivity contribution in [1.82, 2.24) is 0 Å². The van der Waals surface area contributed by atoms with Gasteiger partial charge in [0.05, 0.1) is 16.4 Å². The number of hydrogen-bond donors (Lipinski definition) is 0. The molecule has 1 fully saturated rings. The summed E-state index contributed by atoms with van der Waals surface area (Å²) in [5.41, 5.74) is -0.538. The fraction of sp³-hybridized carbons (Fsp3) is 0.286. The second kappa shape index (κ2) is 9.56. The van der Waals surface area contributed by atoms with E-state index < -0.39 is 40.9 Å². The minimum absolute atomic E-state index is 0.205. The highest BCUT2D eigenvalue weighted by atomic mass is 32.2. The van der Waals surface area contributed by atoms with Crippen molar-refractivity contribution in [3.8, 4) is 0 Å². The second-order valence-electron chi connectivity index (χ2n) is 6.30. The molecule has 0 saturated carbocycles. The zero-order valence-electron chi connectivity index (χ0n) is 15.5. The summed E-state index contributed by atoms with van der Waals surface area (Å²) < 4.78 is 30.5. The molecule has 1 aliphatic rings. The van der Waals surface area contributed by atoms with Crippen LogP contribution in [0.15, 0.2) is 60.7 Å². The first-order valence-electron chi connectivity index (χ1n) is 8.90. The monoisotopic (exact) mass is 418 g/mol. The van der Waals surface area contributed by atoms with Gasteiger partial charge in [-0.1, -0.05) is 36.4 Å². The molecule has 0 spiro atoms. The zero-order chi connectivity index (χ0) is 20.8. The number of thioether (sulfide) groups is 1. The number of esters is 3. The normalized spacial score (nSPS) is 23.2. The number of rotatable bonds is 6. The van der Waals surface area contributed by atoms with Crippen LogP contribution in [0.1, 0.15) is 27.6 Å². The molecule has 0 amide bonds. The van der Waals surface area contributed by atoms with Crippen LogP contribution in [-0.4, -0.2) is 47.5 Å². The first kappa shape index (κ1) is 20.9. The Bertz CT molecular complexity index is 860. The molecule has 1 saturated heterocycles. The van der Waals surface area contributed by atoms with Crippen LogP contribution in [0.5, 0.6) is 0 Å². The Kier molecular flexibility index (Phi) is 6.87. The average molecular weight is 418 g/mol. The highest BCUT2D eigenvalue weighted by Crippen LogP contribution is 2.39. The van der Waals surface area contributed by atoms with Gasteiger partial charge in [0.1, 0.15) is 6.61 Å². The van der Waals surface area contributed by atoms with Gasteiger partial charge in [0, 0.05) is 6.92 Å². The summed E-state index contributed by atoms with van der Waals surface area (Å²) in [5.74, 6) is -1.94. The van der Waals surface area contributed by atoms with Crippen molar-refractivity contribution in [2.24, 2.45) is 0 Å². The Labute approximate surface area is 171 Å². The predicted molar refractivity (Wildman–Crippen MR) is 104 cm³/mol. The van der Waals surface area contributed by atoms with Crippen LogP contribution >= 0.6 is 11.8 Å². The molecule has 0 bridgehead atoms. The van der Waals surface area contributed by atoms with Gasteiger partial charge in [-0.2, -0.15) is 0 Å². The first-order chi connectivity index (χ1) is 14.0. The second-order valence-corrected chi connectivity index (χ2v) is 7.64. The maximum atomic E-state index is 14.9. The lowest BCUT2D eigenvalue weighted by atomic mass is 10.1. The predicted octanol–water partition coefficient (Wildman–Crippen LogP) is 3.41. The number of carbonyl (C=O) groups is 3. The third-order valence-corrected chi connectivity index (χ3v) is 5.55. The molecule has 2 aromatic rings. The van der Waals surface area contributed by atoms with Crippen LogP contribution in [0.25, 0.3) is 0 Å². The van der Waals surface area contributed by atoms with E-state index in [0.29, 0.717) is 5.56 Å². The fourth-order valence-corrected chi connectivity index (χ4v) is 4.15. The molecule has 0 N–H and O–H groups in total. The van der Waals surface area contributed by atoms with Gasteiger partial charge < -0.3 is 14.2 Å². The van der Waals surface area contributed by atoms with Crippen molar-refractivity contribution in [2.45, 2.75) is 29.9 Å². The van der Waals surface area contributed by atoms with E-state index in [0.717, 1.165) is 11.8 Å². The summed E-state index contributed by atoms with van der Waals surface area (Å²) in [7, 11) is 0. The quantitative estimate of drug-likeness (QED) is 0.525. The Hall–Kier alpha value is -2.87. The molecule has 4 atom stereocenters. The van der Waals surface area contributed by atoms with Gasteiger partial charge >= 0.3 is 17.9 Å². The number of halogens is 1. The molecule has 6 nitrogen and oxygen atoms in total. The minimum atomic E-state index is -1.75. The molecule has 3 rings (SSSR count). The average Bonchev–Trinajstić information content (AvgIpc) is 3.01. The minimum Gasteiger partial charge on any atom is -0.461 e. The lowest BCUT2D eigenvalue weighted by Gasteiger charge is -2.20. The lowest BCUT2D eigenvalue weighted by Crippen LogP contribution is -2.37. The molecule has 0 unspecified atom stereocenters. The van der Waals surface area contributed by atoms with Crippen molar-refractivity contribution in [3.05, 3.63) is 71.8 Å². The van der Waals surface area contributed by atoms with E-state index in [1.807, 2.05) is 0 Å². The van der Waals surface area contributed by atoms with Crippen LogP contribution in [0, 0.1) is 0 Å². The molecule has 0 radical (unpaired) electrons. The van der Waals surface area contributed by atoms with E-state index in [1.165, 1.54) is 6.92 Å². The van der Waals surface area contributed by atoms with Gasteiger partial charge in [0.25, 0.3) is 0 Å². The van der Waals surface area contributed by atoms with Crippen molar-refractivity contribution in [1.29, 1.82) is 0 Å². The molecule has 0 aromatic heterocycles. The SMILES string of the molecule is CC(=O)O[C@H]1S[C@H](COC(=O)c2ccccc2)[C@@H](OC(=O)c2ccccc2)[C@@H]1F. The van der Waals surface area contributed by atoms with E-state index >= 15 is 0 Å². The van der Waals surface area contributed by atoms with Crippen molar-refractivity contribution in [3.63, 3.8) is 0 Å². The standard InChI is InChI=1S/C21H19FO6S/c1-13(23)27-21-17(22)18(28-20(25)15-10-6-3-7-11-15)16(29-21)12-26-19(24)14-8-4-2-5-9-14/h2-11,16-18,21H,12H2,1H3/t16-,17+,18-,21+/m1/s1. The van der Waals surface area contributed by atoms with Gasteiger partial charge in [0.15, 0.2) is 17.7 Å². The number of ether oxygens (including phenoxy) is 3. The molecule has 0 aliphatic carbocycles. The largest absolute Gasteiger partial charge is 0.461 e. The molecular formula is C21H19FO6S. The van der Waals surface area contributed by atoms with Gasteiger partial charge in [-0.25, -0.2) is 14.0 Å². The molecule has 1 aliphatic heterocycles. The topological polar surface area (TPSA) is 78.9 Å². The molecule has 152 valence electrons. The van der Waals surface area contributed by atoms with Gasteiger partial charge in [-0.15, -0.1) is 11.8 Å². The van der Waals surface area contributed by atoms with E-state index in [9.17, 15) is 18.8 Å². The van der Waals surface area contributed by atoms with Crippen LogP contribution in [-0.2, 0) is 19.0 Å². The van der Waals surface area contributed by atoms with Crippen molar-refractivity contribution < 1.29 is 33.0 Å². The van der Waals surface area contributed by atoms with E-state index in [2.05, 4.69) is 0 Å². The molecule has 1 heterocycles. The smallest absolute Gasteiger partial charge is 0.338 e. The first-order valence-corrected chi connectivity index (χ1v) is 9.85. The summed E-state index contributed by atoms with van der Waals surface area (Å²) >= 11 is 0.957. The number of benzene rings is 2. The maximum Gasteiger partial charge on any atom is 0.338 e. The van der Waals surface area contributed by atoms with Crippen molar-refractivity contribution >= 4 is 29.7 Å². The molecular weight excluding hydrogens is 399 g/mol. The van der Waals surface area contributed by atoms with Gasteiger partial charge in [-0.3, -0.25) is 4.79 Å². The Morgan fingerprint density at radius 2 is 1.45 bits per heavy atom. The van der Waals surface area contributed by atoms with Crippen LogP contribution in [0.2, 0.25) is 0 Å². The van der Waals surface area contributed by atoms with E-state index in [4.69, 9.17) is 14.2 Å². The third-order valence-electron chi connectivity index (χ3n) is 4.17. The Balaban J connectivity index is 1.70. The van der Waals surface area contributed by atoms with Gasteiger partial charge in [0.2, 0.25) is 0 Å². The van der Waals surface area contributed by atoms with Crippen molar-refractivity contribution in [2.75, 3.05) is 6.61 Å². The zero-order valence-corrected chi connectivity index (χ0v) is 16.3. The lowest BCUT2D eigenvalue weighted by molar-refractivity contribution is -0.145. The number of carbonyl (C=O) groups excluding carboxylic acids is 3. The highest BCUT2D eigenvalue weighted by molar-refractivity contribution is 8.00. The third kappa shape index (κ3) is 5.35. The van der Waals surface area contributed by atoms with Crippen LogP contribution in [0.4, 0.5) is 4.39 Å². The summed E-state index contributed by atoms with van der Waals surface area (Å²) in [5, 5.41) is -0.727. The van der Waals surface area contributed by atoms with E-state index in [-0.39, 0.29) is 12.2 Å². The van der Waals surface area contributed by atoms with Gasteiger partial charge in [-0.05, 0) is 24.3 Å². The number of alkyl halides is 1. The molecule has 2 aromatic carbocycles. The summed E-state index contributed by atoms with van der Waals surface area (Å²) in [6, 6.07) is 16.5. The number of hydrogen-bond acceptors (Lipinski definition) is 7. The van der Waals surface area contributed by atoms with Crippen LogP contribution < -0.4 is 0 Å². The van der Waals surface area contributed by atoms with Crippen LogP contribution in [0.3, 0.4) is 0 Å².